The zero-order valence-corrected chi connectivity index (χ0v) is 38.7. The molecule has 7 aromatic carbocycles. The Balaban J connectivity index is 1.48. The Bertz CT molecular complexity index is 3940. The maximum absolute atomic E-state index is 13.2. The largest absolute Gasteiger partial charge is 0.507 e. The van der Waals surface area contributed by atoms with Gasteiger partial charge in [0.05, 0.1) is 28.0 Å². The molecule has 9 rings (SSSR count). The van der Waals surface area contributed by atoms with Crippen LogP contribution in [0.25, 0.3) is 83.9 Å². The summed E-state index contributed by atoms with van der Waals surface area (Å²) >= 11 is 0. The summed E-state index contributed by atoms with van der Waals surface area (Å²) in [5.74, 6) is -2.60. The lowest BCUT2D eigenvalue weighted by Gasteiger charge is -2.28. The first-order valence-corrected chi connectivity index (χ1v) is 22.6. The predicted molar refractivity (Wildman–Crippen MR) is 288 cm³/mol. The van der Waals surface area contributed by atoms with Crippen LogP contribution in [0.1, 0.15) is 136 Å². The molecule has 0 unspecified atom stereocenters. The first-order valence-electron chi connectivity index (χ1n) is 32.1. The van der Waals surface area contributed by atoms with E-state index in [1.165, 1.54) is 4.57 Å². The van der Waals surface area contributed by atoms with Crippen molar-refractivity contribution < 1.29 is 31.2 Å². The highest BCUT2D eigenvalue weighted by Crippen LogP contribution is 2.46. The summed E-state index contributed by atoms with van der Waals surface area (Å²) in [6.07, 6.45) is 2.40. The monoisotopic (exact) mass is 911 g/mol. The van der Waals surface area contributed by atoms with Gasteiger partial charge >= 0.3 is 0 Å². The highest BCUT2D eigenvalue weighted by Gasteiger charge is 2.30. The average molecular weight is 911 g/mol. The van der Waals surface area contributed by atoms with E-state index >= 15 is 0 Å². The zero-order valence-electron chi connectivity index (χ0n) is 57.7. The Morgan fingerprint density at radius 1 is 0.574 bits per heavy atom. The molecule has 0 aliphatic rings. The number of hydrogen-bond donors (Lipinski definition) is 1. The van der Waals surface area contributed by atoms with E-state index in [-0.39, 0.29) is 11.0 Å². The Kier molecular flexibility index (Phi) is 7.45. The predicted octanol–water partition coefficient (Wildman–Crippen LogP) is 17.5. The molecule has 2 heterocycles. The van der Waals surface area contributed by atoms with Gasteiger partial charge < -0.3 is 5.11 Å². The second-order valence-corrected chi connectivity index (χ2v) is 18.4. The maximum Gasteiger partial charge on any atom is 0.149 e. The van der Waals surface area contributed by atoms with Gasteiger partial charge in [-0.3, -0.25) is 9.55 Å². The van der Waals surface area contributed by atoms with Crippen LogP contribution in [0, 0.1) is 0 Å². The van der Waals surface area contributed by atoms with Crippen molar-refractivity contribution in [3.63, 3.8) is 0 Å². The van der Waals surface area contributed by atoms with E-state index < -0.39 is 91.5 Å². The lowest BCUT2D eigenvalue weighted by atomic mass is 9.78. The minimum atomic E-state index is -4.15. The molecule has 342 valence electrons. The van der Waals surface area contributed by atoms with E-state index in [0.717, 1.165) is 39.4 Å². The molecule has 0 atom stereocenters. The third kappa shape index (κ3) is 8.93. The fourth-order valence-electron chi connectivity index (χ4n) is 8.76. The number of aromatic hydroxyl groups is 1. The lowest BCUT2D eigenvalue weighted by Crippen LogP contribution is -2.17. The number of imidazole rings is 1. The van der Waals surface area contributed by atoms with Gasteiger partial charge in [0, 0.05) is 54.5 Å². The van der Waals surface area contributed by atoms with Crippen LogP contribution in [0.3, 0.4) is 0 Å². The summed E-state index contributed by atoms with van der Waals surface area (Å²) in [7, 11) is 0. The normalized spacial score (nSPS) is 17.7. The number of fused-ring (bicyclic) bond motifs is 1. The second-order valence-electron chi connectivity index (χ2n) is 18.4. The smallest absolute Gasteiger partial charge is 0.149 e. The van der Waals surface area contributed by atoms with Gasteiger partial charge in [-0.1, -0.05) is 185 Å². The van der Waals surface area contributed by atoms with Gasteiger partial charge in [0.25, 0.3) is 0 Å². The average Bonchev–Trinajstić information content (AvgIpc) is 1.08. The quantitative estimate of drug-likeness (QED) is 0.149. The summed E-state index contributed by atoms with van der Waals surface area (Å²) in [5.41, 5.74) is -2.88. The Morgan fingerprint density at radius 3 is 1.90 bits per heavy atom. The third-order valence-corrected chi connectivity index (χ3v) is 13.1. The van der Waals surface area contributed by atoms with Crippen molar-refractivity contribution in [2.24, 2.45) is 0 Å². The standard InChI is InChI=1S/C64H65N3O/c1-12-64(10,11)50-30-31-57(53(38-50)45-22-17-14-18-23-45)67-58-25-19-24-52(59(58)66-61(67)54-39-51(62(4,5)6)40-55(60(54)68)63(7,8)9)48-34-47(43-20-15-13-16-21-43)35-49(36-48)56-37-46(32-33-65-56)44-28-26-42(27-29-44)41(2)3/h13-41,68H,12H2,1-11H3/i4D3,5D3,6D3,7D3,8D3,9D3,41D. The molecule has 0 bridgehead atoms. The molecule has 4 nitrogen and oxygen atoms in total. The molecule has 0 saturated heterocycles. The summed E-state index contributed by atoms with van der Waals surface area (Å²) in [6.45, 7) is -14.8. The van der Waals surface area contributed by atoms with E-state index in [0.29, 0.717) is 51.7 Å². The van der Waals surface area contributed by atoms with E-state index in [9.17, 15) is 5.11 Å². The number of phenolic OH excluding ortho intramolecular Hbond substituents is 1. The van der Waals surface area contributed by atoms with Crippen LogP contribution in [0.4, 0.5) is 0 Å². The van der Waals surface area contributed by atoms with E-state index in [2.05, 4.69) is 13.8 Å². The van der Waals surface area contributed by atoms with Crippen molar-refractivity contribution in [3.05, 3.63) is 192 Å². The van der Waals surface area contributed by atoms with Crippen LogP contribution in [0.5, 0.6) is 5.75 Å². The van der Waals surface area contributed by atoms with Gasteiger partial charge in [0.1, 0.15) is 11.6 Å². The van der Waals surface area contributed by atoms with Crippen LogP contribution < -0.4 is 0 Å². The van der Waals surface area contributed by atoms with Crippen molar-refractivity contribution in [1.82, 2.24) is 14.5 Å². The number of nitrogens with zero attached hydrogens (tertiary/aromatic N) is 3. The van der Waals surface area contributed by atoms with Crippen molar-refractivity contribution >= 4 is 11.0 Å². The molecule has 68 heavy (non-hydrogen) atoms. The van der Waals surface area contributed by atoms with Crippen molar-refractivity contribution in [1.29, 1.82) is 0 Å². The van der Waals surface area contributed by atoms with Gasteiger partial charge in [-0.2, -0.15) is 0 Å². The molecule has 0 spiro atoms. The zero-order chi connectivity index (χ0) is 64.0. The number of rotatable bonds is 10. The number of phenols is 1. The number of pyridine rings is 1. The van der Waals surface area contributed by atoms with Crippen molar-refractivity contribution in [2.45, 2.75) is 104 Å². The first-order chi connectivity index (χ1) is 40.2. The first kappa shape index (κ1) is 28.3. The molecule has 0 amide bonds. The molecule has 0 fully saturated rings. The van der Waals surface area contributed by atoms with Gasteiger partial charge in [0.15, 0.2) is 0 Å². The Morgan fingerprint density at radius 2 is 1.22 bits per heavy atom. The van der Waals surface area contributed by atoms with E-state index in [1.54, 1.807) is 30.5 Å². The minimum Gasteiger partial charge on any atom is -0.507 e. The van der Waals surface area contributed by atoms with E-state index in [1.807, 2.05) is 148 Å². The molecule has 1 N–H and O–H groups in total. The van der Waals surface area contributed by atoms with Gasteiger partial charge in [-0.05, 0) is 133 Å². The van der Waals surface area contributed by atoms with Crippen LogP contribution in [-0.2, 0) is 16.2 Å². The summed E-state index contributed by atoms with van der Waals surface area (Å²) in [5, 5.41) is 13.2. The fourth-order valence-corrected chi connectivity index (χ4v) is 8.76. The van der Waals surface area contributed by atoms with Crippen LogP contribution in [0.15, 0.2) is 170 Å². The topological polar surface area (TPSA) is 50.9 Å². The molecule has 9 aromatic rings. The van der Waals surface area contributed by atoms with E-state index in [4.69, 9.17) is 36.0 Å². The molecule has 2 aromatic heterocycles. The van der Waals surface area contributed by atoms with Crippen molar-refractivity contribution in [2.75, 3.05) is 0 Å². The third-order valence-electron chi connectivity index (χ3n) is 13.1. The molecule has 0 aliphatic heterocycles. The minimum absolute atomic E-state index is 0.161. The number of hydrogen-bond acceptors (Lipinski definition) is 3. The van der Waals surface area contributed by atoms with Crippen LogP contribution in [-0.4, -0.2) is 19.6 Å². The number of benzene rings is 7. The number of aromatic nitrogens is 3. The molecular formula is C64H65N3O. The van der Waals surface area contributed by atoms with Gasteiger partial charge in [-0.25, -0.2) is 4.98 Å². The lowest BCUT2D eigenvalue weighted by molar-refractivity contribution is 0.446. The summed E-state index contributed by atoms with van der Waals surface area (Å²) in [6, 6.07) is 47.9. The molecular weight excluding hydrogens is 827 g/mol. The van der Waals surface area contributed by atoms with Crippen LogP contribution in [0.2, 0.25) is 0 Å². The van der Waals surface area contributed by atoms with Gasteiger partial charge in [-0.15, -0.1) is 0 Å². The van der Waals surface area contributed by atoms with Crippen LogP contribution >= 0.6 is 0 Å². The highest BCUT2D eigenvalue weighted by atomic mass is 16.3. The molecule has 0 saturated carbocycles. The Labute approximate surface area is 431 Å². The van der Waals surface area contributed by atoms with Gasteiger partial charge in [0.2, 0.25) is 0 Å². The number of para-hydroxylation sites is 1. The SMILES string of the molecule is [2H]C(C)(C)c1ccc(-c2ccnc(-c3cc(-c4ccccc4)cc(-c4cccc5c4nc(-c4cc(C(C([2H])([2H])[2H])(C([2H])([2H])[2H])C([2H])([2H])[2H])cc(C(C([2H])([2H])[2H])(C([2H])([2H])[2H])C([2H])([2H])[2H])c4O)n5-c4ccc(C(C)(C)CC)cc4-c4ccccc4)c3)c2)cc1. The van der Waals surface area contributed by atoms with Crippen molar-refractivity contribution in [3.8, 4) is 78.6 Å². The second kappa shape index (κ2) is 17.9. The maximum atomic E-state index is 13.2. The Hall–Kier alpha value is -7.04. The molecule has 4 heteroatoms. The summed E-state index contributed by atoms with van der Waals surface area (Å²) < 4.78 is 169. The molecule has 0 radical (unpaired) electrons. The fraction of sp³-hybridized carbons (Fsp3) is 0.250. The summed E-state index contributed by atoms with van der Waals surface area (Å²) in [4.78, 5) is 10.1. The molecule has 0 aliphatic carbocycles. The highest BCUT2D eigenvalue weighted by molar-refractivity contribution is 5.98.